The van der Waals surface area contributed by atoms with E-state index in [0.29, 0.717) is 31.0 Å². The quantitative estimate of drug-likeness (QED) is 0.684. The first-order chi connectivity index (χ1) is 12.2. The Kier molecular flexibility index (Phi) is 7.31. The average molecular weight is 342 g/mol. The second-order valence-corrected chi connectivity index (χ2v) is 5.16. The van der Waals surface area contributed by atoms with Gasteiger partial charge in [-0.2, -0.15) is 0 Å². The molecule has 0 bridgehead atoms. The van der Waals surface area contributed by atoms with Gasteiger partial charge < -0.3 is 20.1 Å². The predicted molar refractivity (Wildman–Crippen MR) is 94.9 cm³/mol. The van der Waals surface area contributed by atoms with Crippen LogP contribution in [0.25, 0.3) is 0 Å². The van der Waals surface area contributed by atoms with Gasteiger partial charge in [-0.25, -0.2) is 0 Å². The van der Waals surface area contributed by atoms with E-state index >= 15 is 0 Å². The zero-order valence-electron chi connectivity index (χ0n) is 14.2. The molecule has 6 nitrogen and oxygen atoms in total. The average Bonchev–Trinajstić information content (AvgIpc) is 2.65. The Morgan fingerprint density at radius 1 is 0.840 bits per heavy atom. The molecule has 2 aromatic rings. The van der Waals surface area contributed by atoms with E-state index in [4.69, 9.17) is 9.47 Å². The topological polar surface area (TPSA) is 76.7 Å². The first-order valence-corrected chi connectivity index (χ1v) is 8.14. The van der Waals surface area contributed by atoms with Crippen molar-refractivity contribution in [2.24, 2.45) is 0 Å². The fourth-order valence-electron chi connectivity index (χ4n) is 2.07. The maximum atomic E-state index is 11.8. The van der Waals surface area contributed by atoms with Crippen LogP contribution in [0, 0.1) is 0 Å². The summed E-state index contributed by atoms with van der Waals surface area (Å²) in [5.74, 6) is 0.938. The molecule has 2 N–H and O–H groups in total. The molecule has 0 saturated carbocycles. The SMILES string of the molecule is CCOc1ccc(OCC(=O)NCCNC(=O)c2ccccc2)cc1. The van der Waals surface area contributed by atoms with E-state index < -0.39 is 0 Å². The summed E-state index contributed by atoms with van der Waals surface area (Å²) in [7, 11) is 0. The van der Waals surface area contributed by atoms with Crippen LogP contribution in [0.5, 0.6) is 11.5 Å². The summed E-state index contributed by atoms with van der Waals surface area (Å²) in [6.45, 7) is 3.12. The summed E-state index contributed by atoms with van der Waals surface area (Å²) >= 11 is 0. The first-order valence-electron chi connectivity index (χ1n) is 8.14. The van der Waals surface area contributed by atoms with Gasteiger partial charge in [0.2, 0.25) is 0 Å². The zero-order valence-corrected chi connectivity index (χ0v) is 14.2. The number of rotatable bonds is 9. The van der Waals surface area contributed by atoms with Gasteiger partial charge in [0.05, 0.1) is 6.61 Å². The van der Waals surface area contributed by atoms with Crippen molar-refractivity contribution in [1.29, 1.82) is 0 Å². The lowest BCUT2D eigenvalue weighted by Gasteiger charge is -2.09. The van der Waals surface area contributed by atoms with Crippen molar-refractivity contribution in [3.05, 3.63) is 60.2 Å². The highest BCUT2D eigenvalue weighted by molar-refractivity contribution is 5.94. The maximum absolute atomic E-state index is 11.8. The molecule has 2 aromatic carbocycles. The van der Waals surface area contributed by atoms with Gasteiger partial charge >= 0.3 is 0 Å². The minimum absolute atomic E-state index is 0.0827. The Labute approximate surface area is 147 Å². The highest BCUT2D eigenvalue weighted by Crippen LogP contribution is 2.17. The van der Waals surface area contributed by atoms with E-state index in [1.165, 1.54) is 0 Å². The van der Waals surface area contributed by atoms with Gasteiger partial charge in [0, 0.05) is 18.7 Å². The third-order valence-electron chi connectivity index (χ3n) is 3.27. The summed E-state index contributed by atoms with van der Waals surface area (Å²) in [5, 5.41) is 5.43. The lowest BCUT2D eigenvalue weighted by Crippen LogP contribution is -2.36. The van der Waals surface area contributed by atoms with Crippen molar-refractivity contribution in [2.75, 3.05) is 26.3 Å². The van der Waals surface area contributed by atoms with E-state index in [1.807, 2.05) is 13.0 Å². The molecule has 0 fully saturated rings. The van der Waals surface area contributed by atoms with Gasteiger partial charge in [-0.05, 0) is 43.3 Å². The summed E-state index contributed by atoms with van der Waals surface area (Å²) < 4.78 is 10.7. The lowest BCUT2D eigenvalue weighted by molar-refractivity contribution is -0.123. The predicted octanol–water partition coefficient (Wildman–Crippen LogP) is 2.01. The van der Waals surface area contributed by atoms with Gasteiger partial charge in [-0.1, -0.05) is 18.2 Å². The highest BCUT2D eigenvalue weighted by atomic mass is 16.5. The van der Waals surface area contributed by atoms with E-state index in [0.717, 1.165) is 5.75 Å². The van der Waals surface area contributed by atoms with E-state index in [1.54, 1.807) is 48.5 Å². The Morgan fingerprint density at radius 2 is 1.44 bits per heavy atom. The van der Waals surface area contributed by atoms with Crippen LogP contribution in [0.2, 0.25) is 0 Å². The molecule has 0 saturated heterocycles. The summed E-state index contributed by atoms with van der Waals surface area (Å²) in [5.41, 5.74) is 0.590. The van der Waals surface area contributed by atoms with Crippen molar-refractivity contribution >= 4 is 11.8 Å². The zero-order chi connectivity index (χ0) is 17.9. The van der Waals surface area contributed by atoms with Crippen LogP contribution in [-0.2, 0) is 4.79 Å². The molecule has 0 atom stereocenters. The van der Waals surface area contributed by atoms with Crippen molar-refractivity contribution < 1.29 is 19.1 Å². The fourth-order valence-corrected chi connectivity index (χ4v) is 2.07. The molecule has 2 amide bonds. The van der Waals surface area contributed by atoms with Crippen molar-refractivity contribution in [1.82, 2.24) is 10.6 Å². The molecule has 0 unspecified atom stereocenters. The molecule has 25 heavy (non-hydrogen) atoms. The summed E-state index contributed by atoms with van der Waals surface area (Å²) in [6.07, 6.45) is 0. The Balaban J connectivity index is 1.61. The largest absolute Gasteiger partial charge is 0.494 e. The molecule has 0 spiro atoms. The van der Waals surface area contributed by atoms with Gasteiger partial charge in [-0.3, -0.25) is 9.59 Å². The third-order valence-corrected chi connectivity index (χ3v) is 3.27. The summed E-state index contributed by atoms with van der Waals surface area (Å²) in [4.78, 5) is 23.5. The van der Waals surface area contributed by atoms with Gasteiger partial charge in [0.15, 0.2) is 6.61 Å². The molecule has 0 aliphatic heterocycles. The van der Waals surface area contributed by atoms with E-state index in [2.05, 4.69) is 10.6 Å². The molecule has 6 heteroatoms. The molecule has 0 radical (unpaired) electrons. The van der Waals surface area contributed by atoms with Crippen LogP contribution < -0.4 is 20.1 Å². The monoisotopic (exact) mass is 342 g/mol. The van der Waals surface area contributed by atoms with Gasteiger partial charge in [-0.15, -0.1) is 0 Å². The van der Waals surface area contributed by atoms with Crippen molar-refractivity contribution in [3.63, 3.8) is 0 Å². The minimum Gasteiger partial charge on any atom is -0.494 e. The van der Waals surface area contributed by atoms with Crippen molar-refractivity contribution in [3.8, 4) is 11.5 Å². The van der Waals surface area contributed by atoms with Gasteiger partial charge in [0.25, 0.3) is 11.8 Å². The second kappa shape index (κ2) is 9.97. The van der Waals surface area contributed by atoms with Crippen LogP contribution in [0.1, 0.15) is 17.3 Å². The number of hydrogen-bond donors (Lipinski definition) is 2. The molecule has 132 valence electrons. The fraction of sp³-hybridized carbons (Fsp3) is 0.263. The maximum Gasteiger partial charge on any atom is 0.258 e. The number of nitrogens with one attached hydrogen (secondary N) is 2. The number of carbonyl (C=O) groups is 2. The Morgan fingerprint density at radius 3 is 2.08 bits per heavy atom. The summed E-state index contributed by atoms with van der Waals surface area (Å²) in [6, 6.07) is 16.0. The lowest BCUT2D eigenvalue weighted by atomic mass is 10.2. The number of carbonyl (C=O) groups excluding carboxylic acids is 2. The normalized spacial score (nSPS) is 9.96. The van der Waals surface area contributed by atoms with Crippen LogP contribution in [0.4, 0.5) is 0 Å². The molecule has 0 aliphatic rings. The molecular formula is C19H22N2O4. The third kappa shape index (κ3) is 6.55. The molecular weight excluding hydrogens is 320 g/mol. The number of ether oxygens (including phenoxy) is 2. The van der Waals surface area contributed by atoms with Crippen molar-refractivity contribution in [2.45, 2.75) is 6.92 Å². The van der Waals surface area contributed by atoms with Gasteiger partial charge in [0.1, 0.15) is 11.5 Å². The molecule has 0 aliphatic carbocycles. The second-order valence-electron chi connectivity index (χ2n) is 5.16. The Bertz CT molecular complexity index is 672. The smallest absolute Gasteiger partial charge is 0.258 e. The van der Waals surface area contributed by atoms with Crippen LogP contribution >= 0.6 is 0 Å². The van der Waals surface area contributed by atoms with E-state index in [9.17, 15) is 9.59 Å². The highest BCUT2D eigenvalue weighted by Gasteiger charge is 2.05. The molecule has 2 rings (SSSR count). The standard InChI is InChI=1S/C19H22N2O4/c1-2-24-16-8-10-17(11-9-16)25-14-18(22)20-12-13-21-19(23)15-6-4-3-5-7-15/h3-11H,2,12-14H2,1H3,(H,20,22)(H,21,23). The van der Waals surface area contributed by atoms with Crippen LogP contribution in [0.15, 0.2) is 54.6 Å². The van der Waals surface area contributed by atoms with E-state index in [-0.39, 0.29) is 18.4 Å². The first kappa shape index (κ1) is 18.3. The number of hydrogen-bond acceptors (Lipinski definition) is 4. The minimum atomic E-state index is -0.247. The molecule has 0 heterocycles. The van der Waals surface area contributed by atoms with Crippen LogP contribution in [0.3, 0.4) is 0 Å². The van der Waals surface area contributed by atoms with Crippen LogP contribution in [-0.4, -0.2) is 38.1 Å². The number of amides is 2. The Hall–Kier alpha value is -3.02. The molecule has 0 aromatic heterocycles. The number of benzene rings is 2.